The molecule has 2 aromatic carbocycles. The number of hydrogen-bond donors (Lipinski definition) is 1. The molecule has 1 saturated heterocycles. The number of carboxylic acids is 1. The summed E-state index contributed by atoms with van der Waals surface area (Å²) >= 11 is 1.78. The first-order chi connectivity index (χ1) is 13.3. The third-order valence-corrected chi connectivity index (χ3v) is 6.65. The monoisotopic (exact) mass is 397 g/mol. The van der Waals surface area contributed by atoms with Crippen LogP contribution in [0, 0.1) is 25.7 Å². The number of rotatable bonds is 5. The highest BCUT2D eigenvalue weighted by Gasteiger charge is 2.33. The number of amides is 1. The van der Waals surface area contributed by atoms with Gasteiger partial charge in [-0.05, 0) is 55.5 Å². The van der Waals surface area contributed by atoms with Gasteiger partial charge in [0, 0.05) is 29.3 Å². The fraction of sp³-hybridized carbons (Fsp3) is 0.391. The number of benzene rings is 2. The molecule has 2 atom stereocenters. The van der Waals surface area contributed by atoms with Crippen LogP contribution in [0.1, 0.15) is 40.4 Å². The topological polar surface area (TPSA) is 57.6 Å². The van der Waals surface area contributed by atoms with Gasteiger partial charge in [-0.3, -0.25) is 9.59 Å². The van der Waals surface area contributed by atoms with Crippen LogP contribution in [-0.4, -0.2) is 35.0 Å². The van der Waals surface area contributed by atoms with Crippen molar-refractivity contribution in [3.8, 4) is 0 Å². The molecule has 3 rings (SSSR count). The van der Waals surface area contributed by atoms with Gasteiger partial charge in [0.15, 0.2) is 0 Å². The third kappa shape index (κ3) is 4.76. The van der Waals surface area contributed by atoms with Crippen molar-refractivity contribution in [2.24, 2.45) is 11.8 Å². The van der Waals surface area contributed by atoms with E-state index in [1.807, 2.05) is 31.2 Å². The van der Waals surface area contributed by atoms with Crippen LogP contribution in [-0.2, 0) is 10.5 Å². The fourth-order valence-corrected chi connectivity index (χ4v) is 4.76. The van der Waals surface area contributed by atoms with E-state index < -0.39 is 5.97 Å². The predicted octanol–water partition coefficient (Wildman–Crippen LogP) is 4.78. The summed E-state index contributed by atoms with van der Waals surface area (Å²) in [6, 6.07) is 14.3. The van der Waals surface area contributed by atoms with E-state index in [1.54, 1.807) is 16.7 Å². The number of piperidine rings is 1. The van der Waals surface area contributed by atoms with E-state index in [-0.39, 0.29) is 17.7 Å². The van der Waals surface area contributed by atoms with Crippen molar-refractivity contribution in [3.05, 3.63) is 64.7 Å². The molecule has 0 aromatic heterocycles. The molecular weight excluding hydrogens is 370 g/mol. The molecule has 4 nitrogen and oxygen atoms in total. The zero-order valence-corrected chi connectivity index (χ0v) is 17.5. The van der Waals surface area contributed by atoms with Crippen LogP contribution in [0.5, 0.6) is 0 Å². The first-order valence-electron chi connectivity index (χ1n) is 9.66. The Morgan fingerprint density at radius 2 is 1.96 bits per heavy atom. The highest BCUT2D eigenvalue weighted by atomic mass is 32.2. The van der Waals surface area contributed by atoms with Gasteiger partial charge >= 0.3 is 5.97 Å². The second-order valence-electron chi connectivity index (χ2n) is 7.72. The lowest BCUT2D eigenvalue weighted by molar-refractivity contribution is -0.145. The molecule has 1 aliphatic heterocycles. The number of carboxylic acid groups (broad SMARTS) is 1. The van der Waals surface area contributed by atoms with Crippen molar-refractivity contribution in [1.82, 2.24) is 4.90 Å². The maximum absolute atomic E-state index is 12.9. The van der Waals surface area contributed by atoms with Gasteiger partial charge in [0.25, 0.3) is 5.91 Å². The van der Waals surface area contributed by atoms with Gasteiger partial charge in [0.2, 0.25) is 0 Å². The number of thioether (sulfide) groups is 1. The Morgan fingerprint density at radius 3 is 2.68 bits per heavy atom. The molecular formula is C23H27NO3S. The molecule has 0 bridgehead atoms. The number of carbonyl (C=O) groups excluding carboxylic acids is 1. The molecule has 0 saturated carbocycles. The SMILES string of the molecule is Cc1ccc(C)c(SCc2cccc(C(=O)N3CCC(C(=O)O)C(C)C3)c2)c1. The standard InChI is InChI=1S/C23H27NO3S/c1-15-7-8-16(2)21(11-15)28-14-18-5-4-6-19(12-18)22(25)24-10-9-20(23(26)27)17(3)13-24/h4-8,11-12,17,20H,9-10,13-14H2,1-3H3,(H,26,27). The zero-order valence-electron chi connectivity index (χ0n) is 16.6. The van der Waals surface area contributed by atoms with Crippen LogP contribution in [0.25, 0.3) is 0 Å². The molecule has 28 heavy (non-hydrogen) atoms. The smallest absolute Gasteiger partial charge is 0.306 e. The fourth-order valence-electron chi connectivity index (χ4n) is 3.70. The minimum Gasteiger partial charge on any atom is -0.481 e. The van der Waals surface area contributed by atoms with Gasteiger partial charge in [-0.25, -0.2) is 0 Å². The van der Waals surface area contributed by atoms with E-state index in [4.69, 9.17) is 0 Å². The van der Waals surface area contributed by atoms with Crippen LogP contribution in [0.3, 0.4) is 0 Å². The lowest BCUT2D eigenvalue weighted by Crippen LogP contribution is -2.45. The number of aryl methyl sites for hydroxylation is 2. The maximum atomic E-state index is 12.9. The van der Waals surface area contributed by atoms with Gasteiger partial charge in [-0.2, -0.15) is 0 Å². The van der Waals surface area contributed by atoms with Crippen molar-refractivity contribution in [1.29, 1.82) is 0 Å². The van der Waals surface area contributed by atoms with E-state index in [9.17, 15) is 14.7 Å². The Bertz CT molecular complexity index is 880. The summed E-state index contributed by atoms with van der Waals surface area (Å²) in [5.74, 6) is -0.343. The summed E-state index contributed by atoms with van der Waals surface area (Å²) in [7, 11) is 0. The van der Waals surface area contributed by atoms with Crippen molar-refractivity contribution in [2.75, 3.05) is 13.1 Å². The van der Waals surface area contributed by atoms with Crippen molar-refractivity contribution >= 4 is 23.6 Å². The van der Waals surface area contributed by atoms with Gasteiger partial charge in [-0.1, -0.05) is 36.8 Å². The van der Waals surface area contributed by atoms with Crippen molar-refractivity contribution < 1.29 is 14.7 Å². The number of hydrogen-bond acceptors (Lipinski definition) is 3. The quantitative estimate of drug-likeness (QED) is 0.738. The average molecular weight is 398 g/mol. The van der Waals surface area contributed by atoms with Gasteiger partial charge in [0.05, 0.1) is 5.92 Å². The second kappa shape index (κ2) is 8.82. The molecule has 5 heteroatoms. The normalized spacial score (nSPS) is 19.5. The first-order valence-corrected chi connectivity index (χ1v) is 10.6. The minimum atomic E-state index is -0.759. The summed E-state index contributed by atoms with van der Waals surface area (Å²) in [6.45, 7) is 7.12. The van der Waals surface area contributed by atoms with E-state index in [1.165, 1.54) is 16.0 Å². The van der Waals surface area contributed by atoms with E-state index in [0.717, 1.165) is 11.3 Å². The molecule has 148 valence electrons. The lowest BCUT2D eigenvalue weighted by atomic mass is 9.87. The summed E-state index contributed by atoms with van der Waals surface area (Å²) in [5.41, 5.74) is 4.30. The molecule has 1 heterocycles. The molecule has 1 aliphatic rings. The Hall–Kier alpha value is -2.27. The van der Waals surface area contributed by atoms with Crippen LogP contribution in [0.15, 0.2) is 47.4 Å². The number of aliphatic carboxylic acids is 1. The Balaban J connectivity index is 1.66. The molecule has 0 radical (unpaired) electrons. The molecule has 1 fully saturated rings. The number of likely N-dealkylation sites (tertiary alicyclic amines) is 1. The number of nitrogens with zero attached hydrogens (tertiary/aromatic N) is 1. The predicted molar refractivity (Wildman–Crippen MR) is 113 cm³/mol. The Labute approximate surface area is 170 Å². The van der Waals surface area contributed by atoms with Gasteiger partial charge < -0.3 is 10.0 Å². The second-order valence-corrected chi connectivity index (χ2v) is 8.74. The maximum Gasteiger partial charge on any atom is 0.306 e. The minimum absolute atomic E-state index is 0.00530. The van der Waals surface area contributed by atoms with Crippen LogP contribution in [0.2, 0.25) is 0 Å². The lowest BCUT2D eigenvalue weighted by Gasteiger charge is -2.35. The highest BCUT2D eigenvalue weighted by Crippen LogP contribution is 2.28. The van der Waals surface area contributed by atoms with Crippen LogP contribution in [0.4, 0.5) is 0 Å². The molecule has 0 aliphatic carbocycles. The van der Waals surface area contributed by atoms with Gasteiger partial charge in [0.1, 0.15) is 0 Å². The van der Waals surface area contributed by atoms with Crippen molar-refractivity contribution in [3.63, 3.8) is 0 Å². The summed E-state index contributed by atoms with van der Waals surface area (Å²) < 4.78 is 0. The average Bonchev–Trinajstić information content (AvgIpc) is 2.68. The summed E-state index contributed by atoms with van der Waals surface area (Å²) in [6.07, 6.45) is 0.518. The Kier molecular flexibility index (Phi) is 6.45. The molecule has 1 amide bonds. The van der Waals surface area contributed by atoms with Gasteiger partial charge in [-0.15, -0.1) is 11.8 Å². The zero-order chi connectivity index (χ0) is 20.3. The molecule has 0 spiro atoms. The van der Waals surface area contributed by atoms with Crippen LogP contribution >= 0.6 is 11.8 Å². The molecule has 1 N–H and O–H groups in total. The highest BCUT2D eigenvalue weighted by molar-refractivity contribution is 7.98. The summed E-state index contributed by atoms with van der Waals surface area (Å²) in [4.78, 5) is 27.3. The van der Waals surface area contributed by atoms with E-state index >= 15 is 0 Å². The first kappa shape index (κ1) is 20.5. The van der Waals surface area contributed by atoms with Crippen LogP contribution < -0.4 is 0 Å². The molecule has 2 aromatic rings. The van der Waals surface area contributed by atoms with Crippen molar-refractivity contribution in [2.45, 2.75) is 37.8 Å². The Morgan fingerprint density at radius 1 is 1.18 bits per heavy atom. The molecule has 2 unspecified atom stereocenters. The largest absolute Gasteiger partial charge is 0.481 e. The number of carbonyl (C=O) groups is 2. The van der Waals surface area contributed by atoms with E-state index in [2.05, 4.69) is 32.0 Å². The third-order valence-electron chi connectivity index (χ3n) is 5.42. The van der Waals surface area contributed by atoms with E-state index in [0.29, 0.717) is 25.1 Å². The summed E-state index contributed by atoms with van der Waals surface area (Å²) in [5, 5.41) is 9.27.